The minimum absolute atomic E-state index is 0.211. The van der Waals surface area contributed by atoms with Crippen LogP contribution in [0.5, 0.6) is 5.75 Å². The van der Waals surface area contributed by atoms with Gasteiger partial charge in [0.1, 0.15) is 5.75 Å². The lowest BCUT2D eigenvalue weighted by atomic mass is 9.96. The lowest BCUT2D eigenvalue weighted by Crippen LogP contribution is -2.32. The van der Waals surface area contributed by atoms with Crippen LogP contribution in [0.3, 0.4) is 0 Å². The van der Waals surface area contributed by atoms with E-state index in [2.05, 4.69) is 56.7 Å². The number of carbonyl (C=O) groups excluding carboxylic acids is 1. The van der Waals surface area contributed by atoms with Gasteiger partial charge in [-0.2, -0.15) is 0 Å². The third kappa shape index (κ3) is 6.98. The van der Waals surface area contributed by atoms with Crippen molar-refractivity contribution in [2.24, 2.45) is 0 Å². The Morgan fingerprint density at radius 3 is 2.33 bits per heavy atom. The van der Waals surface area contributed by atoms with Gasteiger partial charge >= 0.3 is 0 Å². The Bertz CT molecular complexity index is 2110. The van der Waals surface area contributed by atoms with Crippen LogP contribution in [0.15, 0.2) is 97.3 Å². The molecule has 6 aromatic rings. The molecular weight excluding hydrogens is 610 g/mol. The molecule has 0 unspecified atom stereocenters. The van der Waals surface area contributed by atoms with E-state index in [4.69, 9.17) is 9.84 Å². The molecule has 246 valence electrons. The van der Waals surface area contributed by atoms with Crippen LogP contribution in [0.4, 0.5) is 5.69 Å². The van der Waals surface area contributed by atoms with E-state index in [9.17, 15) is 4.79 Å². The van der Waals surface area contributed by atoms with E-state index in [1.165, 1.54) is 27.1 Å². The van der Waals surface area contributed by atoms with Crippen molar-refractivity contribution in [2.75, 3.05) is 25.5 Å². The van der Waals surface area contributed by atoms with Gasteiger partial charge in [0.15, 0.2) is 0 Å². The number of rotatable bonds is 9. The average molecular weight is 650 g/mol. The number of amides is 1. The summed E-state index contributed by atoms with van der Waals surface area (Å²) in [5, 5.41) is 16.6. The molecule has 0 saturated heterocycles. The number of aryl methyl sites for hydroxylation is 3. The summed E-state index contributed by atoms with van der Waals surface area (Å²) < 4.78 is 5.56. The Morgan fingerprint density at radius 1 is 0.837 bits per heavy atom. The molecule has 0 aliphatic carbocycles. The lowest BCUT2D eigenvalue weighted by molar-refractivity contribution is 0.102. The third-order valence-corrected chi connectivity index (χ3v) is 9.39. The van der Waals surface area contributed by atoms with Gasteiger partial charge in [-0.15, -0.1) is 15.0 Å². The van der Waals surface area contributed by atoms with Crippen LogP contribution in [0, 0.1) is 20.8 Å². The van der Waals surface area contributed by atoms with Crippen molar-refractivity contribution in [3.63, 3.8) is 0 Å². The fourth-order valence-electron chi connectivity index (χ4n) is 6.35. The van der Waals surface area contributed by atoms with Crippen molar-refractivity contribution in [3.8, 4) is 34.0 Å². The first-order chi connectivity index (χ1) is 23.8. The second-order valence-corrected chi connectivity index (χ2v) is 12.7. The van der Waals surface area contributed by atoms with Crippen molar-refractivity contribution in [1.29, 1.82) is 0 Å². The molecule has 0 radical (unpaired) electrons. The normalized spacial score (nSPS) is 12.8. The van der Waals surface area contributed by atoms with E-state index in [-0.39, 0.29) is 5.91 Å². The quantitative estimate of drug-likeness (QED) is 0.177. The molecule has 4 aromatic carbocycles. The first-order valence-electron chi connectivity index (χ1n) is 16.6. The number of ether oxygens (including phenoxy) is 1. The highest BCUT2D eigenvalue weighted by molar-refractivity contribution is 6.06. The first kappa shape index (κ1) is 31.9. The summed E-state index contributed by atoms with van der Waals surface area (Å²) in [6.07, 6.45) is 5.52. The second-order valence-electron chi connectivity index (χ2n) is 12.7. The van der Waals surface area contributed by atoms with Crippen LogP contribution < -0.4 is 10.1 Å². The minimum atomic E-state index is -0.211. The zero-order chi connectivity index (χ0) is 33.9. The Kier molecular flexibility index (Phi) is 9.00. The van der Waals surface area contributed by atoms with Crippen LogP contribution in [-0.2, 0) is 19.4 Å². The third-order valence-electron chi connectivity index (χ3n) is 9.39. The molecule has 0 fully saturated rings. The van der Waals surface area contributed by atoms with Gasteiger partial charge in [0.05, 0.1) is 18.5 Å². The molecule has 3 heterocycles. The van der Waals surface area contributed by atoms with Gasteiger partial charge in [0, 0.05) is 43.2 Å². The number of carbonyl (C=O) groups is 1. The first-order valence-corrected chi connectivity index (χ1v) is 16.6. The van der Waals surface area contributed by atoms with Crippen LogP contribution in [0.25, 0.3) is 28.2 Å². The fraction of sp³-hybridized carbons (Fsp3) is 0.225. The van der Waals surface area contributed by atoms with Gasteiger partial charge in [-0.05, 0) is 138 Å². The number of benzene rings is 4. The van der Waals surface area contributed by atoms with Crippen LogP contribution >= 0.6 is 0 Å². The highest BCUT2D eigenvalue weighted by Gasteiger charge is 2.19. The molecule has 9 nitrogen and oxygen atoms in total. The number of fused-ring (bicyclic) bond motifs is 1. The number of tetrazole rings is 1. The zero-order valence-electron chi connectivity index (χ0n) is 28.3. The minimum Gasteiger partial charge on any atom is -0.496 e. The Labute approximate surface area is 286 Å². The van der Waals surface area contributed by atoms with Gasteiger partial charge in [0.25, 0.3) is 5.91 Å². The Morgan fingerprint density at radius 2 is 1.57 bits per heavy atom. The number of hydrogen-bond acceptors (Lipinski definition) is 7. The smallest absolute Gasteiger partial charge is 0.255 e. The maximum atomic E-state index is 13.4. The largest absolute Gasteiger partial charge is 0.496 e. The number of aromatic nitrogens is 5. The lowest BCUT2D eigenvalue weighted by Gasteiger charge is -2.29. The van der Waals surface area contributed by atoms with E-state index in [1.807, 2.05) is 74.5 Å². The number of methoxy groups -OCH3 is 1. The molecule has 1 amide bonds. The predicted octanol–water partition coefficient (Wildman–Crippen LogP) is 7.18. The molecule has 2 aromatic heterocycles. The Balaban J connectivity index is 1.02. The molecule has 1 N–H and O–H groups in total. The molecule has 49 heavy (non-hydrogen) atoms. The molecule has 0 spiro atoms. The second kappa shape index (κ2) is 13.8. The van der Waals surface area contributed by atoms with Crippen molar-refractivity contribution in [2.45, 2.75) is 40.2 Å². The van der Waals surface area contributed by atoms with Gasteiger partial charge < -0.3 is 10.1 Å². The van der Waals surface area contributed by atoms with E-state index >= 15 is 0 Å². The van der Waals surface area contributed by atoms with E-state index in [0.717, 1.165) is 66.2 Å². The van der Waals surface area contributed by atoms with Gasteiger partial charge in [-0.3, -0.25) is 14.7 Å². The topological polar surface area (TPSA) is 98.1 Å². The number of nitrogens with one attached hydrogen (secondary N) is 1. The summed E-state index contributed by atoms with van der Waals surface area (Å²) in [5.41, 5.74) is 12.2. The SMILES string of the molecule is COc1cc2c(cc1C)CCN(CCc1ccc(-n3nnc(-c4cc(C)c(C)cc4NC(=O)c4ccc(-c5ccncc5)cc4)n3)cc1)C2. The molecule has 0 bridgehead atoms. The molecule has 7 rings (SSSR count). The average Bonchev–Trinajstić information content (AvgIpc) is 3.63. The number of anilines is 1. The molecular formula is C40H39N7O2. The Hall–Kier alpha value is -5.67. The molecule has 0 saturated carbocycles. The van der Waals surface area contributed by atoms with Crippen LogP contribution in [0.2, 0.25) is 0 Å². The summed E-state index contributed by atoms with van der Waals surface area (Å²) in [7, 11) is 1.74. The predicted molar refractivity (Wildman–Crippen MR) is 192 cm³/mol. The maximum Gasteiger partial charge on any atom is 0.255 e. The van der Waals surface area contributed by atoms with Crippen LogP contribution in [-0.4, -0.2) is 56.2 Å². The van der Waals surface area contributed by atoms with Crippen LogP contribution in [0.1, 0.15) is 43.7 Å². The van der Waals surface area contributed by atoms with Crippen molar-refractivity contribution in [1.82, 2.24) is 30.1 Å². The summed E-state index contributed by atoms with van der Waals surface area (Å²) in [5.74, 6) is 1.19. The molecule has 9 heteroatoms. The standard InChI is InChI=1S/C40H39N7O2/c1-26-22-36(37(23-27(26)2)42-40(48)32-9-7-30(8-10-32)31-13-17-41-18-14-31)39-43-45-47(44-39)35-11-5-29(6-12-35)15-19-46-20-16-33-21-28(3)38(49-4)24-34(33)25-46/h5-14,17-18,21-24H,15-16,19-20,25H2,1-4H3,(H,42,48). The molecule has 0 atom stereocenters. The summed E-state index contributed by atoms with van der Waals surface area (Å²) in [6.45, 7) is 9.14. The summed E-state index contributed by atoms with van der Waals surface area (Å²) in [6, 6.07) is 28.2. The van der Waals surface area contributed by atoms with Crippen molar-refractivity contribution >= 4 is 11.6 Å². The van der Waals surface area contributed by atoms with Gasteiger partial charge in [-0.25, -0.2) is 0 Å². The van der Waals surface area contributed by atoms with Crippen molar-refractivity contribution in [3.05, 3.63) is 136 Å². The van der Waals surface area contributed by atoms with E-state index < -0.39 is 0 Å². The van der Waals surface area contributed by atoms with Gasteiger partial charge in [-0.1, -0.05) is 30.3 Å². The summed E-state index contributed by atoms with van der Waals surface area (Å²) >= 11 is 0. The number of pyridine rings is 1. The highest BCUT2D eigenvalue weighted by Crippen LogP contribution is 2.30. The van der Waals surface area contributed by atoms with Gasteiger partial charge in [0.2, 0.25) is 5.82 Å². The van der Waals surface area contributed by atoms with E-state index in [1.54, 1.807) is 19.5 Å². The zero-order valence-corrected chi connectivity index (χ0v) is 28.3. The van der Waals surface area contributed by atoms with E-state index in [0.29, 0.717) is 22.6 Å². The highest BCUT2D eigenvalue weighted by atomic mass is 16.5. The monoisotopic (exact) mass is 649 g/mol. The number of hydrogen-bond donors (Lipinski definition) is 1. The molecule has 1 aliphatic heterocycles. The van der Waals surface area contributed by atoms with Crippen molar-refractivity contribution < 1.29 is 9.53 Å². The fourth-order valence-corrected chi connectivity index (χ4v) is 6.35. The summed E-state index contributed by atoms with van der Waals surface area (Å²) in [4.78, 5) is 21.5. The number of nitrogens with zero attached hydrogens (tertiary/aromatic N) is 6. The maximum absolute atomic E-state index is 13.4. The molecule has 1 aliphatic rings.